The van der Waals surface area contributed by atoms with E-state index in [2.05, 4.69) is 6.07 Å². The van der Waals surface area contributed by atoms with Gasteiger partial charge < -0.3 is 14.4 Å². The molecule has 0 spiro atoms. The third-order valence-electron chi connectivity index (χ3n) is 5.75. The molecule has 3 aromatic rings. The van der Waals surface area contributed by atoms with Crippen LogP contribution in [0.1, 0.15) is 29.5 Å². The van der Waals surface area contributed by atoms with Gasteiger partial charge in [0, 0.05) is 13.1 Å². The molecule has 0 radical (unpaired) electrons. The van der Waals surface area contributed by atoms with Crippen molar-refractivity contribution < 1.29 is 19.1 Å². The molecular weight excluding hydrogens is 378 g/mol. The van der Waals surface area contributed by atoms with Gasteiger partial charge in [-0.3, -0.25) is 9.59 Å². The maximum absolute atomic E-state index is 12.6. The number of carbonyl (C=O) groups excluding carboxylic acids is 2. The third-order valence-corrected chi connectivity index (χ3v) is 5.75. The van der Waals surface area contributed by atoms with Gasteiger partial charge in [0.15, 0.2) is 6.61 Å². The van der Waals surface area contributed by atoms with Crippen molar-refractivity contribution in [2.45, 2.75) is 25.8 Å². The van der Waals surface area contributed by atoms with Crippen LogP contribution in [0, 0.1) is 0 Å². The van der Waals surface area contributed by atoms with Gasteiger partial charge in [0.25, 0.3) is 5.91 Å². The molecule has 1 aliphatic heterocycles. The van der Waals surface area contributed by atoms with Crippen LogP contribution in [-0.2, 0) is 27.3 Å². The lowest BCUT2D eigenvalue weighted by molar-refractivity contribution is -0.153. The summed E-state index contributed by atoms with van der Waals surface area (Å²) in [4.78, 5) is 26.8. The highest BCUT2D eigenvalue weighted by atomic mass is 16.5. The second-order valence-corrected chi connectivity index (χ2v) is 7.64. The summed E-state index contributed by atoms with van der Waals surface area (Å²) in [6.45, 7) is 2.79. The zero-order valence-electron chi connectivity index (χ0n) is 17.3. The Bertz CT molecular complexity index is 1090. The van der Waals surface area contributed by atoms with Gasteiger partial charge in [-0.25, -0.2) is 0 Å². The van der Waals surface area contributed by atoms with Gasteiger partial charge >= 0.3 is 5.97 Å². The number of hydrogen-bond donors (Lipinski definition) is 0. The van der Waals surface area contributed by atoms with Crippen molar-refractivity contribution in [1.82, 2.24) is 4.90 Å². The number of nitrogens with zero attached hydrogens (tertiary/aromatic N) is 1. The molecule has 5 nitrogen and oxygen atoms in total. The molecule has 0 aliphatic carbocycles. The van der Waals surface area contributed by atoms with Crippen LogP contribution < -0.4 is 4.74 Å². The van der Waals surface area contributed by atoms with Crippen LogP contribution in [0.25, 0.3) is 10.8 Å². The second-order valence-electron chi connectivity index (χ2n) is 7.64. The minimum Gasteiger partial charge on any atom is -0.497 e. The van der Waals surface area contributed by atoms with Crippen molar-refractivity contribution in [1.29, 1.82) is 0 Å². The van der Waals surface area contributed by atoms with Gasteiger partial charge in [0.1, 0.15) is 5.75 Å². The molecule has 1 amide bonds. The van der Waals surface area contributed by atoms with Crippen molar-refractivity contribution in [2.24, 2.45) is 0 Å². The van der Waals surface area contributed by atoms with Crippen LogP contribution in [-0.4, -0.2) is 37.0 Å². The fourth-order valence-corrected chi connectivity index (χ4v) is 3.83. The first-order valence-electron chi connectivity index (χ1n) is 10.1. The number of benzene rings is 3. The molecule has 0 bridgehead atoms. The molecule has 0 saturated carbocycles. The quantitative estimate of drug-likeness (QED) is 0.603. The number of hydrogen-bond acceptors (Lipinski definition) is 4. The predicted molar refractivity (Wildman–Crippen MR) is 115 cm³/mol. The van der Waals surface area contributed by atoms with Crippen molar-refractivity contribution in [3.05, 3.63) is 77.4 Å². The van der Waals surface area contributed by atoms with Crippen LogP contribution in [0.4, 0.5) is 0 Å². The molecule has 1 heterocycles. The summed E-state index contributed by atoms with van der Waals surface area (Å²) in [6.07, 6.45) is 0.828. The van der Waals surface area contributed by atoms with E-state index in [0.717, 1.165) is 34.1 Å². The molecule has 1 atom stereocenters. The Labute approximate surface area is 176 Å². The fourth-order valence-electron chi connectivity index (χ4n) is 3.83. The van der Waals surface area contributed by atoms with Gasteiger partial charge in [-0.2, -0.15) is 0 Å². The lowest BCUT2D eigenvalue weighted by atomic mass is 9.98. The van der Waals surface area contributed by atoms with E-state index in [4.69, 9.17) is 9.47 Å². The van der Waals surface area contributed by atoms with Gasteiger partial charge in [0.2, 0.25) is 0 Å². The van der Waals surface area contributed by atoms with Gasteiger partial charge in [0.05, 0.1) is 13.0 Å². The minimum atomic E-state index is -0.452. The lowest BCUT2D eigenvalue weighted by Crippen LogP contribution is -2.38. The Hall–Kier alpha value is -3.34. The molecule has 30 heavy (non-hydrogen) atoms. The van der Waals surface area contributed by atoms with E-state index in [1.807, 2.05) is 54.6 Å². The summed E-state index contributed by atoms with van der Waals surface area (Å²) >= 11 is 0. The highest BCUT2D eigenvalue weighted by Gasteiger charge is 2.23. The minimum absolute atomic E-state index is 0.157. The number of amides is 1. The standard InChI is InChI=1S/C25H25NO4/c1-17(19-7-8-21-14-23(29-2)10-9-20(21)13-19)25(28)30-16-24(27)26-12-11-18-5-3-4-6-22(18)15-26/h3-10,13-14,17H,11-12,15-16H2,1-2H3/t17-/m0/s1. The van der Waals surface area contributed by atoms with E-state index in [9.17, 15) is 9.59 Å². The van der Waals surface area contributed by atoms with E-state index in [1.54, 1.807) is 18.9 Å². The molecule has 5 heteroatoms. The SMILES string of the molecule is COc1ccc2cc([C@H](C)C(=O)OCC(=O)N3CCc4ccccc4C3)ccc2c1. The number of esters is 1. The van der Waals surface area contributed by atoms with Crippen LogP contribution >= 0.6 is 0 Å². The van der Waals surface area contributed by atoms with E-state index in [1.165, 1.54) is 5.56 Å². The highest BCUT2D eigenvalue weighted by molar-refractivity contribution is 5.87. The summed E-state index contributed by atoms with van der Waals surface area (Å²) in [5.41, 5.74) is 3.29. The fraction of sp³-hybridized carbons (Fsp3) is 0.280. The van der Waals surface area contributed by atoms with Gasteiger partial charge in [-0.15, -0.1) is 0 Å². The summed E-state index contributed by atoms with van der Waals surface area (Å²) < 4.78 is 10.6. The van der Waals surface area contributed by atoms with E-state index in [-0.39, 0.29) is 12.5 Å². The molecule has 0 aromatic heterocycles. The number of carbonyl (C=O) groups is 2. The monoisotopic (exact) mass is 403 g/mol. The van der Waals surface area contributed by atoms with Crippen molar-refractivity contribution >= 4 is 22.6 Å². The summed E-state index contributed by atoms with van der Waals surface area (Å²) in [6, 6.07) is 19.8. The highest BCUT2D eigenvalue weighted by Crippen LogP contribution is 2.26. The van der Waals surface area contributed by atoms with E-state index < -0.39 is 11.9 Å². The Kier molecular flexibility index (Phi) is 5.70. The van der Waals surface area contributed by atoms with Gasteiger partial charge in [-0.05, 0) is 52.9 Å². The Morgan fingerprint density at radius 3 is 2.53 bits per heavy atom. The normalized spacial score (nSPS) is 14.1. The molecular formula is C25H25NO4. The van der Waals surface area contributed by atoms with Crippen LogP contribution in [0.15, 0.2) is 60.7 Å². The Morgan fingerprint density at radius 1 is 1.00 bits per heavy atom. The molecule has 0 N–H and O–H groups in total. The number of fused-ring (bicyclic) bond motifs is 2. The third kappa shape index (κ3) is 4.15. The smallest absolute Gasteiger partial charge is 0.313 e. The zero-order valence-corrected chi connectivity index (χ0v) is 17.3. The largest absolute Gasteiger partial charge is 0.497 e. The molecule has 154 valence electrons. The van der Waals surface area contributed by atoms with Crippen molar-refractivity contribution in [2.75, 3.05) is 20.3 Å². The average Bonchev–Trinajstić information content (AvgIpc) is 2.80. The molecule has 0 unspecified atom stereocenters. The van der Waals surface area contributed by atoms with Crippen LogP contribution in [0.3, 0.4) is 0 Å². The molecule has 4 rings (SSSR count). The molecule has 0 fully saturated rings. The van der Waals surface area contributed by atoms with Crippen LogP contribution in [0.2, 0.25) is 0 Å². The average molecular weight is 403 g/mol. The predicted octanol–water partition coefficient (Wildman–Crippen LogP) is 4.08. The van der Waals surface area contributed by atoms with Crippen LogP contribution in [0.5, 0.6) is 5.75 Å². The van der Waals surface area contributed by atoms with E-state index in [0.29, 0.717) is 13.1 Å². The van der Waals surface area contributed by atoms with E-state index >= 15 is 0 Å². The summed E-state index contributed by atoms with van der Waals surface area (Å²) in [5, 5.41) is 2.07. The molecule has 0 saturated heterocycles. The van der Waals surface area contributed by atoms with Crippen molar-refractivity contribution in [3.8, 4) is 5.75 Å². The number of methoxy groups -OCH3 is 1. The zero-order chi connectivity index (χ0) is 21.1. The first-order valence-corrected chi connectivity index (χ1v) is 10.1. The topological polar surface area (TPSA) is 55.8 Å². The summed E-state index contributed by atoms with van der Waals surface area (Å²) in [5.74, 6) is -0.211. The van der Waals surface area contributed by atoms with Crippen molar-refractivity contribution in [3.63, 3.8) is 0 Å². The second kappa shape index (κ2) is 8.57. The Balaban J connectivity index is 1.37. The molecule has 1 aliphatic rings. The lowest BCUT2D eigenvalue weighted by Gasteiger charge is -2.28. The maximum Gasteiger partial charge on any atom is 0.313 e. The Morgan fingerprint density at radius 2 is 1.73 bits per heavy atom. The number of ether oxygens (including phenoxy) is 2. The summed E-state index contributed by atoms with van der Waals surface area (Å²) in [7, 11) is 1.64. The van der Waals surface area contributed by atoms with Gasteiger partial charge in [-0.1, -0.05) is 48.5 Å². The number of rotatable bonds is 5. The first-order chi connectivity index (χ1) is 14.5. The maximum atomic E-state index is 12.6. The molecule has 3 aromatic carbocycles. The first kappa shape index (κ1) is 20.0.